The molecular weight excluding hydrogens is 294 g/mol. The van der Waals surface area contributed by atoms with Crippen LogP contribution in [-0.4, -0.2) is 30.2 Å². The third-order valence-corrected chi connectivity index (χ3v) is 5.00. The van der Waals surface area contributed by atoms with Crippen molar-refractivity contribution in [2.45, 2.75) is 32.4 Å². The number of nitrogens with two attached hydrogens (primary N) is 1. The minimum Gasteiger partial charge on any atom is -0.398 e. The third kappa shape index (κ3) is 4.54. The molecule has 22 heavy (non-hydrogen) atoms. The number of benzene rings is 1. The van der Waals surface area contributed by atoms with E-state index in [1.807, 2.05) is 0 Å². The zero-order chi connectivity index (χ0) is 16.2. The van der Waals surface area contributed by atoms with Crippen molar-refractivity contribution < 1.29 is 9.53 Å². The number of nitrogens with zero attached hydrogens (tertiary/aromatic N) is 2. The maximum atomic E-state index is 12.4. The molecule has 2 N–H and O–H groups in total. The van der Waals surface area contributed by atoms with Gasteiger partial charge in [0.1, 0.15) is 12.4 Å². The normalized spacial score (nSPS) is 11.6. The average molecular weight is 317 g/mol. The number of hydrogen-bond acceptors (Lipinski definition) is 4. The summed E-state index contributed by atoms with van der Waals surface area (Å²) in [5, 5.41) is 4.26. The number of carbonyl (C=O) groups is 1. The molecule has 0 saturated carbocycles. The molecule has 0 aliphatic rings. The third-order valence-electron chi connectivity index (χ3n) is 3.30. The molecule has 5 nitrogen and oxygen atoms in total. The monoisotopic (exact) mass is 317 g/mol. The Labute approximate surface area is 132 Å². The van der Waals surface area contributed by atoms with Gasteiger partial charge in [-0.15, -0.1) is 0 Å². The van der Waals surface area contributed by atoms with Crippen molar-refractivity contribution >= 4 is 19.5 Å². The van der Waals surface area contributed by atoms with Gasteiger partial charge in [-0.05, 0) is 24.2 Å². The molecule has 0 saturated heterocycles. The molecule has 0 fully saturated rings. The van der Waals surface area contributed by atoms with E-state index in [1.165, 1.54) is 0 Å². The molecular formula is C16H23N3O2Si. The molecule has 0 radical (unpaired) electrons. The second-order valence-electron chi connectivity index (χ2n) is 6.50. The molecule has 1 aromatic carbocycles. The number of carbonyl (C=O) groups excluding carboxylic acids is 1. The Morgan fingerprint density at radius 2 is 2.00 bits per heavy atom. The number of ketones is 1. The van der Waals surface area contributed by atoms with Gasteiger partial charge in [0.05, 0.1) is 0 Å². The van der Waals surface area contributed by atoms with Crippen molar-refractivity contribution in [1.82, 2.24) is 9.78 Å². The van der Waals surface area contributed by atoms with E-state index in [2.05, 4.69) is 24.7 Å². The number of rotatable bonds is 7. The van der Waals surface area contributed by atoms with E-state index in [1.54, 1.807) is 41.2 Å². The standard InChI is InChI=1S/C16H23N3O2Si/c1-22(2,3)11-10-21-12-19-9-8-15(18-19)16(20)13-6-4-5-7-14(13)17/h4-9H,10-12,17H2,1-3H3. The molecule has 0 atom stereocenters. The van der Waals surface area contributed by atoms with Crippen LogP contribution in [0.5, 0.6) is 0 Å². The van der Waals surface area contributed by atoms with Crippen LogP contribution in [0.15, 0.2) is 36.5 Å². The van der Waals surface area contributed by atoms with Crippen LogP contribution in [0.3, 0.4) is 0 Å². The van der Waals surface area contributed by atoms with Crippen LogP contribution in [0.25, 0.3) is 0 Å². The molecule has 2 rings (SSSR count). The summed E-state index contributed by atoms with van der Waals surface area (Å²) >= 11 is 0. The number of para-hydroxylation sites is 1. The Bertz CT molecular complexity index is 647. The summed E-state index contributed by atoms with van der Waals surface area (Å²) in [6.07, 6.45) is 1.75. The summed E-state index contributed by atoms with van der Waals surface area (Å²) in [5.74, 6) is -0.168. The fraction of sp³-hybridized carbons (Fsp3) is 0.375. The van der Waals surface area contributed by atoms with Crippen molar-refractivity contribution in [1.29, 1.82) is 0 Å². The first kappa shape index (κ1) is 16.4. The maximum absolute atomic E-state index is 12.4. The lowest BCUT2D eigenvalue weighted by Crippen LogP contribution is -2.22. The number of aromatic nitrogens is 2. The van der Waals surface area contributed by atoms with E-state index >= 15 is 0 Å². The maximum Gasteiger partial charge on any atom is 0.215 e. The Balaban J connectivity index is 1.94. The van der Waals surface area contributed by atoms with Gasteiger partial charge in [-0.1, -0.05) is 31.8 Å². The fourth-order valence-corrected chi connectivity index (χ4v) is 2.69. The summed E-state index contributed by atoms with van der Waals surface area (Å²) in [6.45, 7) is 8.02. The summed E-state index contributed by atoms with van der Waals surface area (Å²) in [6, 6.07) is 9.82. The van der Waals surface area contributed by atoms with E-state index in [0.717, 1.165) is 12.7 Å². The zero-order valence-corrected chi connectivity index (χ0v) is 14.4. The van der Waals surface area contributed by atoms with Gasteiger partial charge in [0, 0.05) is 32.1 Å². The van der Waals surface area contributed by atoms with Gasteiger partial charge in [0.25, 0.3) is 0 Å². The first-order valence-electron chi connectivity index (χ1n) is 7.37. The lowest BCUT2D eigenvalue weighted by atomic mass is 10.1. The topological polar surface area (TPSA) is 70.1 Å². The van der Waals surface area contributed by atoms with Crippen molar-refractivity contribution in [3.8, 4) is 0 Å². The molecule has 1 heterocycles. The average Bonchev–Trinajstić information content (AvgIpc) is 2.91. The lowest BCUT2D eigenvalue weighted by molar-refractivity contribution is 0.0780. The van der Waals surface area contributed by atoms with Crippen LogP contribution in [-0.2, 0) is 11.5 Å². The van der Waals surface area contributed by atoms with Crippen LogP contribution in [0.4, 0.5) is 5.69 Å². The fourth-order valence-electron chi connectivity index (χ4n) is 1.93. The van der Waals surface area contributed by atoms with E-state index in [-0.39, 0.29) is 5.78 Å². The summed E-state index contributed by atoms with van der Waals surface area (Å²) in [5.41, 5.74) is 7.15. The van der Waals surface area contributed by atoms with Crippen LogP contribution in [0.1, 0.15) is 16.1 Å². The highest BCUT2D eigenvalue weighted by molar-refractivity contribution is 6.76. The number of nitrogen functional groups attached to an aromatic ring is 1. The lowest BCUT2D eigenvalue weighted by Gasteiger charge is -2.15. The molecule has 2 aromatic rings. The molecule has 0 spiro atoms. The van der Waals surface area contributed by atoms with E-state index < -0.39 is 8.07 Å². The smallest absolute Gasteiger partial charge is 0.215 e. The molecule has 0 unspecified atom stereocenters. The first-order valence-corrected chi connectivity index (χ1v) is 11.1. The van der Waals surface area contributed by atoms with Crippen molar-refractivity contribution in [3.63, 3.8) is 0 Å². The number of ether oxygens (including phenoxy) is 1. The Hall–Kier alpha value is -1.92. The van der Waals surface area contributed by atoms with Crippen LogP contribution < -0.4 is 5.73 Å². The summed E-state index contributed by atoms with van der Waals surface area (Å²) in [7, 11) is -1.08. The van der Waals surface area contributed by atoms with Crippen LogP contribution >= 0.6 is 0 Å². The molecule has 1 aromatic heterocycles. The second kappa shape index (κ2) is 6.89. The van der Waals surface area contributed by atoms with Gasteiger partial charge in [-0.3, -0.25) is 4.79 Å². The van der Waals surface area contributed by atoms with Gasteiger partial charge in [-0.25, -0.2) is 4.68 Å². The number of hydrogen-bond donors (Lipinski definition) is 1. The quantitative estimate of drug-likeness (QED) is 0.369. The largest absolute Gasteiger partial charge is 0.398 e. The molecule has 6 heteroatoms. The molecule has 0 aliphatic heterocycles. The van der Waals surface area contributed by atoms with Crippen molar-refractivity contribution in [3.05, 3.63) is 47.8 Å². The van der Waals surface area contributed by atoms with Crippen LogP contribution in [0, 0.1) is 0 Å². The number of anilines is 1. The molecule has 0 amide bonds. The van der Waals surface area contributed by atoms with E-state index in [4.69, 9.17) is 10.5 Å². The Kier molecular flexibility index (Phi) is 5.15. The summed E-state index contributed by atoms with van der Waals surface area (Å²) < 4.78 is 7.25. The summed E-state index contributed by atoms with van der Waals surface area (Å²) in [4.78, 5) is 12.4. The SMILES string of the molecule is C[Si](C)(C)CCOCn1ccc(C(=O)c2ccccc2N)n1. The van der Waals surface area contributed by atoms with Gasteiger partial charge >= 0.3 is 0 Å². The van der Waals surface area contributed by atoms with Crippen molar-refractivity contribution in [2.75, 3.05) is 12.3 Å². The van der Waals surface area contributed by atoms with Crippen LogP contribution in [0.2, 0.25) is 25.7 Å². The van der Waals surface area contributed by atoms with E-state index in [9.17, 15) is 4.79 Å². The molecule has 118 valence electrons. The highest BCUT2D eigenvalue weighted by Gasteiger charge is 2.15. The van der Waals surface area contributed by atoms with Gasteiger partial charge < -0.3 is 10.5 Å². The minimum atomic E-state index is -1.08. The van der Waals surface area contributed by atoms with Crippen molar-refractivity contribution in [2.24, 2.45) is 0 Å². The zero-order valence-electron chi connectivity index (χ0n) is 13.4. The Morgan fingerprint density at radius 3 is 2.68 bits per heavy atom. The highest BCUT2D eigenvalue weighted by atomic mass is 28.3. The molecule has 0 bridgehead atoms. The van der Waals surface area contributed by atoms with Gasteiger partial charge in [0.2, 0.25) is 5.78 Å². The van der Waals surface area contributed by atoms with Gasteiger partial charge in [0.15, 0.2) is 0 Å². The predicted molar refractivity (Wildman–Crippen MR) is 90.6 cm³/mol. The molecule has 0 aliphatic carbocycles. The Morgan fingerprint density at radius 1 is 1.27 bits per heavy atom. The highest BCUT2D eigenvalue weighted by Crippen LogP contribution is 2.15. The minimum absolute atomic E-state index is 0.168. The van der Waals surface area contributed by atoms with Gasteiger partial charge in [-0.2, -0.15) is 5.10 Å². The second-order valence-corrected chi connectivity index (χ2v) is 12.1. The first-order chi connectivity index (χ1) is 10.4. The van der Waals surface area contributed by atoms with E-state index in [0.29, 0.717) is 23.7 Å². The predicted octanol–water partition coefficient (Wildman–Crippen LogP) is 3.01.